The number of hydrogen-bond donors (Lipinski definition) is 2. The molecule has 1 saturated heterocycles. The van der Waals surface area contributed by atoms with Crippen LogP contribution in [0.15, 0.2) is 72.8 Å². The van der Waals surface area contributed by atoms with E-state index in [0.29, 0.717) is 5.92 Å². The number of piperidine rings is 1. The molecular formula is C31H34FN5O. The molecule has 0 bridgehead atoms. The molecule has 6 nitrogen and oxygen atoms in total. The molecule has 0 unspecified atom stereocenters. The summed E-state index contributed by atoms with van der Waals surface area (Å²) in [5.41, 5.74) is 5.07. The maximum atomic E-state index is 13.5. The van der Waals surface area contributed by atoms with Gasteiger partial charge in [-0.1, -0.05) is 24.3 Å². The highest BCUT2D eigenvalue weighted by Gasteiger charge is 2.29. The fourth-order valence-corrected chi connectivity index (χ4v) is 5.45. The van der Waals surface area contributed by atoms with Gasteiger partial charge in [-0.05, 0) is 112 Å². The average Bonchev–Trinajstić information content (AvgIpc) is 3.74. The molecule has 1 saturated carbocycles. The molecule has 196 valence electrons. The van der Waals surface area contributed by atoms with Crippen LogP contribution >= 0.6 is 0 Å². The second kappa shape index (κ2) is 11.0. The van der Waals surface area contributed by atoms with Crippen molar-refractivity contribution in [1.82, 2.24) is 14.5 Å². The maximum Gasteiger partial charge on any atom is 0.227 e. The summed E-state index contributed by atoms with van der Waals surface area (Å²) >= 11 is 0. The Kier molecular flexibility index (Phi) is 7.10. The second-order valence-electron chi connectivity index (χ2n) is 10.5. The van der Waals surface area contributed by atoms with Gasteiger partial charge in [-0.2, -0.15) is 0 Å². The molecule has 6 rings (SSSR count). The van der Waals surface area contributed by atoms with Crippen molar-refractivity contribution in [2.75, 3.05) is 36.8 Å². The Balaban J connectivity index is 1.01. The molecule has 2 fully saturated rings. The van der Waals surface area contributed by atoms with E-state index >= 15 is 0 Å². The summed E-state index contributed by atoms with van der Waals surface area (Å²) in [6.45, 7) is 4.01. The molecule has 0 atom stereocenters. The molecule has 0 radical (unpaired) electrons. The highest BCUT2D eigenvalue weighted by atomic mass is 19.1. The van der Waals surface area contributed by atoms with Crippen LogP contribution in [0.1, 0.15) is 43.6 Å². The van der Waals surface area contributed by atoms with Gasteiger partial charge in [0.15, 0.2) is 0 Å². The summed E-state index contributed by atoms with van der Waals surface area (Å²) in [5.74, 6) is 1.46. The first kappa shape index (κ1) is 24.6. The summed E-state index contributed by atoms with van der Waals surface area (Å²) < 4.78 is 15.6. The number of aromatic nitrogens is 2. The average molecular weight is 512 g/mol. The molecule has 38 heavy (non-hydrogen) atoms. The molecule has 7 heteroatoms. The third-order valence-electron chi connectivity index (χ3n) is 7.74. The molecule has 2 heterocycles. The van der Waals surface area contributed by atoms with Crippen molar-refractivity contribution in [1.29, 1.82) is 0 Å². The van der Waals surface area contributed by atoms with E-state index in [1.165, 1.54) is 17.7 Å². The third-order valence-corrected chi connectivity index (χ3v) is 7.74. The number of carbonyl (C=O) groups excluding carboxylic acids is 1. The van der Waals surface area contributed by atoms with E-state index in [4.69, 9.17) is 4.98 Å². The number of hydrogen-bond acceptors (Lipinski definition) is 4. The lowest BCUT2D eigenvalue weighted by molar-refractivity contribution is -0.117. The number of fused-ring (bicyclic) bond motifs is 1. The van der Waals surface area contributed by atoms with Gasteiger partial charge in [0.05, 0.1) is 11.0 Å². The fourth-order valence-electron chi connectivity index (χ4n) is 5.45. The number of likely N-dealkylation sites (tertiary alicyclic amines) is 1. The molecule has 1 aromatic heterocycles. The van der Waals surface area contributed by atoms with Gasteiger partial charge < -0.3 is 15.5 Å². The molecule has 3 aromatic carbocycles. The van der Waals surface area contributed by atoms with Gasteiger partial charge in [-0.3, -0.25) is 9.36 Å². The molecule has 4 aromatic rings. The van der Waals surface area contributed by atoms with Crippen LogP contribution in [0.4, 0.5) is 16.0 Å². The molecule has 2 N–H and O–H groups in total. The van der Waals surface area contributed by atoms with Gasteiger partial charge >= 0.3 is 0 Å². The zero-order chi connectivity index (χ0) is 25.9. The van der Waals surface area contributed by atoms with Crippen molar-refractivity contribution in [3.63, 3.8) is 0 Å². The summed E-state index contributed by atoms with van der Waals surface area (Å²) in [7, 11) is 0. The molecule has 1 aliphatic heterocycles. The number of benzene rings is 3. The van der Waals surface area contributed by atoms with Crippen LogP contribution in [0.3, 0.4) is 0 Å². The predicted molar refractivity (Wildman–Crippen MR) is 150 cm³/mol. The van der Waals surface area contributed by atoms with Crippen molar-refractivity contribution >= 4 is 28.6 Å². The van der Waals surface area contributed by atoms with Crippen molar-refractivity contribution in [3.8, 4) is 5.69 Å². The van der Waals surface area contributed by atoms with Crippen molar-refractivity contribution in [3.05, 3.63) is 84.2 Å². The van der Waals surface area contributed by atoms with Gasteiger partial charge in [0, 0.05) is 23.8 Å². The van der Waals surface area contributed by atoms with E-state index in [1.54, 1.807) is 12.1 Å². The first-order chi connectivity index (χ1) is 18.6. The van der Waals surface area contributed by atoms with Crippen LogP contribution < -0.4 is 10.6 Å². The highest BCUT2D eigenvalue weighted by Crippen LogP contribution is 2.32. The number of rotatable bonds is 9. The lowest BCUT2D eigenvalue weighted by Gasteiger charge is -2.32. The zero-order valence-electron chi connectivity index (χ0n) is 21.6. The van der Waals surface area contributed by atoms with E-state index in [9.17, 15) is 9.18 Å². The lowest BCUT2D eigenvalue weighted by Crippen LogP contribution is -2.34. The fraction of sp³-hybridized carbons (Fsp3) is 0.355. The summed E-state index contributed by atoms with van der Waals surface area (Å²) in [5, 5.41) is 6.61. The topological polar surface area (TPSA) is 62.2 Å². The largest absolute Gasteiger partial charge is 0.355 e. The Morgan fingerprint density at radius 3 is 2.53 bits per heavy atom. The van der Waals surface area contributed by atoms with Crippen molar-refractivity contribution in [2.24, 2.45) is 5.92 Å². The predicted octanol–water partition coefficient (Wildman–Crippen LogP) is 6.19. The Morgan fingerprint density at radius 1 is 0.947 bits per heavy atom. The Hall–Kier alpha value is -3.71. The van der Waals surface area contributed by atoms with Gasteiger partial charge in [0.1, 0.15) is 5.82 Å². The number of amides is 1. The number of imidazole rings is 1. The highest BCUT2D eigenvalue weighted by molar-refractivity contribution is 5.94. The van der Waals surface area contributed by atoms with Crippen LogP contribution in [0, 0.1) is 11.7 Å². The molecule has 2 aliphatic rings. The van der Waals surface area contributed by atoms with Crippen molar-refractivity contribution < 1.29 is 9.18 Å². The lowest BCUT2D eigenvalue weighted by atomic mass is 9.89. The zero-order valence-corrected chi connectivity index (χ0v) is 21.6. The SMILES string of the molecule is O=C(Nc1cccc(C2CCN(CCCNc3nc4ccccc4n3-c3ccc(F)cc3)CC2)c1)C1CC1. The molecule has 1 aliphatic carbocycles. The minimum Gasteiger partial charge on any atom is -0.355 e. The number of carbonyl (C=O) groups is 1. The monoisotopic (exact) mass is 511 g/mol. The summed E-state index contributed by atoms with van der Waals surface area (Å²) in [6, 6.07) is 23.0. The maximum absolute atomic E-state index is 13.5. The Labute approximate surface area is 222 Å². The number of para-hydroxylation sites is 2. The van der Waals surface area contributed by atoms with Crippen LogP contribution in [-0.4, -0.2) is 46.5 Å². The van der Waals surface area contributed by atoms with Gasteiger partial charge in [0.25, 0.3) is 0 Å². The minimum atomic E-state index is -0.246. The number of nitrogens with one attached hydrogen (secondary N) is 2. The first-order valence-corrected chi connectivity index (χ1v) is 13.7. The quantitative estimate of drug-likeness (QED) is 0.263. The van der Waals surface area contributed by atoms with Crippen LogP contribution in [-0.2, 0) is 4.79 Å². The van der Waals surface area contributed by atoms with Crippen LogP contribution in [0.25, 0.3) is 16.7 Å². The Bertz CT molecular complexity index is 1400. The number of anilines is 2. The summed E-state index contributed by atoms with van der Waals surface area (Å²) in [6.07, 6.45) is 5.32. The number of nitrogens with zero attached hydrogens (tertiary/aromatic N) is 3. The first-order valence-electron chi connectivity index (χ1n) is 13.7. The van der Waals surface area contributed by atoms with Crippen LogP contribution in [0.2, 0.25) is 0 Å². The van der Waals surface area contributed by atoms with E-state index in [0.717, 1.165) is 86.6 Å². The van der Waals surface area contributed by atoms with Crippen molar-refractivity contribution in [2.45, 2.75) is 38.0 Å². The van der Waals surface area contributed by atoms with Gasteiger partial charge in [0.2, 0.25) is 11.9 Å². The van der Waals surface area contributed by atoms with Crippen LogP contribution in [0.5, 0.6) is 0 Å². The summed E-state index contributed by atoms with van der Waals surface area (Å²) in [4.78, 5) is 19.5. The second-order valence-corrected chi connectivity index (χ2v) is 10.5. The third kappa shape index (κ3) is 5.58. The molecule has 1 amide bonds. The van der Waals surface area contributed by atoms with Gasteiger partial charge in [-0.25, -0.2) is 9.37 Å². The normalized spacial score (nSPS) is 16.6. The smallest absolute Gasteiger partial charge is 0.227 e. The number of halogens is 1. The standard InChI is InChI=1S/C31H34FN5O/c32-25-11-13-27(14-12-25)37-29-8-2-1-7-28(29)35-31(37)33-17-4-18-36-19-15-22(16-20-36)24-5-3-6-26(21-24)34-30(38)23-9-10-23/h1-3,5-8,11-14,21-23H,4,9-10,15-20H2,(H,33,35)(H,34,38). The molecular weight excluding hydrogens is 477 g/mol. The van der Waals surface area contributed by atoms with E-state index < -0.39 is 0 Å². The van der Waals surface area contributed by atoms with E-state index in [2.05, 4.69) is 38.3 Å². The molecule has 0 spiro atoms. The minimum absolute atomic E-state index is 0.166. The Morgan fingerprint density at radius 2 is 1.74 bits per heavy atom. The van der Waals surface area contributed by atoms with E-state index in [1.807, 2.05) is 30.3 Å². The van der Waals surface area contributed by atoms with Gasteiger partial charge in [-0.15, -0.1) is 0 Å². The van der Waals surface area contributed by atoms with E-state index in [-0.39, 0.29) is 17.6 Å².